The number of carbonyl (C=O) groups is 2. The quantitative estimate of drug-likeness (QED) is 0.738. The second kappa shape index (κ2) is 8.80. The SMILES string of the molecule is CCOc1ccc(NC(=O)C(C)OC(=O)C2=Cc3cc(Cl)ccc3OC2)cc1. The van der Waals surface area contributed by atoms with Gasteiger partial charge in [-0.1, -0.05) is 11.6 Å². The average molecular weight is 402 g/mol. The van der Waals surface area contributed by atoms with Crippen LogP contribution in [0.2, 0.25) is 5.02 Å². The van der Waals surface area contributed by atoms with Crippen LogP contribution in [0.3, 0.4) is 0 Å². The van der Waals surface area contributed by atoms with E-state index >= 15 is 0 Å². The number of esters is 1. The number of fused-ring (bicyclic) bond motifs is 1. The van der Waals surface area contributed by atoms with E-state index in [4.69, 9.17) is 25.8 Å². The number of anilines is 1. The molecule has 0 aliphatic carbocycles. The van der Waals surface area contributed by atoms with Crippen LogP contribution in [0.15, 0.2) is 48.0 Å². The molecule has 3 rings (SSSR count). The smallest absolute Gasteiger partial charge is 0.338 e. The van der Waals surface area contributed by atoms with Gasteiger partial charge in [-0.25, -0.2) is 4.79 Å². The van der Waals surface area contributed by atoms with Gasteiger partial charge in [0.25, 0.3) is 5.91 Å². The lowest BCUT2D eigenvalue weighted by atomic mass is 10.1. The van der Waals surface area contributed by atoms with Crippen molar-refractivity contribution in [2.45, 2.75) is 20.0 Å². The summed E-state index contributed by atoms with van der Waals surface area (Å²) in [7, 11) is 0. The normalized spacial score (nSPS) is 13.5. The van der Waals surface area contributed by atoms with E-state index in [0.29, 0.717) is 40.0 Å². The Morgan fingerprint density at radius 2 is 1.96 bits per heavy atom. The molecule has 1 aliphatic heterocycles. The topological polar surface area (TPSA) is 73.9 Å². The van der Waals surface area contributed by atoms with E-state index < -0.39 is 18.0 Å². The number of hydrogen-bond donors (Lipinski definition) is 1. The Morgan fingerprint density at radius 1 is 1.21 bits per heavy atom. The number of benzene rings is 2. The highest BCUT2D eigenvalue weighted by Gasteiger charge is 2.23. The summed E-state index contributed by atoms with van der Waals surface area (Å²) in [5, 5.41) is 3.24. The molecule has 0 saturated heterocycles. The number of nitrogens with one attached hydrogen (secondary N) is 1. The summed E-state index contributed by atoms with van der Waals surface area (Å²) in [5.74, 6) is 0.310. The zero-order chi connectivity index (χ0) is 20.1. The van der Waals surface area contributed by atoms with Crippen molar-refractivity contribution in [3.8, 4) is 11.5 Å². The van der Waals surface area contributed by atoms with Crippen molar-refractivity contribution in [2.75, 3.05) is 18.5 Å². The molecule has 1 unspecified atom stereocenters. The van der Waals surface area contributed by atoms with Crippen LogP contribution in [0, 0.1) is 0 Å². The third-order valence-electron chi connectivity index (χ3n) is 4.03. The average Bonchev–Trinajstić information content (AvgIpc) is 2.69. The van der Waals surface area contributed by atoms with Crippen molar-refractivity contribution < 1.29 is 23.8 Å². The minimum atomic E-state index is -0.972. The molecule has 2 aromatic rings. The lowest BCUT2D eigenvalue weighted by Crippen LogP contribution is -2.31. The van der Waals surface area contributed by atoms with E-state index in [1.165, 1.54) is 6.92 Å². The van der Waals surface area contributed by atoms with E-state index in [0.717, 1.165) is 0 Å². The Hall–Kier alpha value is -2.99. The zero-order valence-corrected chi connectivity index (χ0v) is 16.3. The van der Waals surface area contributed by atoms with E-state index in [2.05, 4.69) is 5.32 Å². The molecular formula is C21H20ClNO5. The highest BCUT2D eigenvalue weighted by atomic mass is 35.5. The van der Waals surface area contributed by atoms with Gasteiger partial charge in [-0.3, -0.25) is 4.79 Å². The van der Waals surface area contributed by atoms with Gasteiger partial charge in [0.2, 0.25) is 0 Å². The fourth-order valence-electron chi connectivity index (χ4n) is 2.60. The summed E-state index contributed by atoms with van der Waals surface area (Å²) in [6.45, 7) is 4.04. The van der Waals surface area contributed by atoms with Gasteiger partial charge in [0.1, 0.15) is 18.1 Å². The predicted octanol–water partition coefficient (Wildman–Crippen LogP) is 4.08. The second-order valence-electron chi connectivity index (χ2n) is 6.13. The largest absolute Gasteiger partial charge is 0.494 e. The van der Waals surface area contributed by atoms with Gasteiger partial charge in [-0.05, 0) is 62.4 Å². The minimum Gasteiger partial charge on any atom is -0.494 e. The van der Waals surface area contributed by atoms with E-state index in [9.17, 15) is 9.59 Å². The van der Waals surface area contributed by atoms with Crippen molar-refractivity contribution >= 4 is 35.2 Å². The lowest BCUT2D eigenvalue weighted by Gasteiger charge is -2.19. The first-order valence-electron chi connectivity index (χ1n) is 8.84. The van der Waals surface area contributed by atoms with Crippen molar-refractivity contribution in [2.24, 2.45) is 0 Å². The summed E-state index contributed by atoms with van der Waals surface area (Å²) in [6, 6.07) is 12.1. The van der Waals surface area contributed by atoms with E-state index in [-0.39, 0.29) is 6.61 Å². The Morgan fingerprint density at radius 3 is 2.68 bits per heavy atom. The number of amides is 1. The van der Waals surface area contributed by atoms with Crippen molar-refractivity contribution in [1.82, 2.24) is 0 Å². The summed E-state index contributed by atoms with van der Waals surface area (Å²) in [6.07, 6.45) is 0.685. The van der Waals surface area contributed by atoms with Crippen LogP contribution < -0.4 is 14.8 Å². The fraction of sp³-hybridized carbons (Fsp3) is 0.238. The molecule has 1 atom stereocenters. The lowest BCUT2D eigenvalue weighted by molar-refractivity contribution is -0.149. The van der Waals surface area contributed by atoms with Crippen LogP contribution in [0.25, 0.3) is 6.08 Å². The molecule has 0 bridgehead atoms. The van der Waals surface area contributed by atoms with Gasteiger partial charge in [0, 0.05) is 16.3 Å². The van der Waals surface area contributed by atoms with Crippen LogP contribution in [0.4, 0.5) is 5.69 Å². The zero-order valence-electron chi connectivity index (χ0n) is 15.5. The first-order valence-corrected chi connectivity index (χ1v) is 9.21. The van der Waals surface area contributed by atoms with Crippen LogP contribution in [0.5, 0.6) is 11.5 Å². The molecule has 1 N–H and O–H groups in total. The number of hydrogen-bond acceptors (Lipinski definition) is 5. The summed E-state index contributed by atoms with van der Waals surface area (Å²) in [5.41, 5.74) is 1.59. The molecule has 1 heterocycles. The molecule has 0 aromatic heterocycles. The highest BCUT2D eigenvalue weighted by Crippen LogP contribution is 2.29. The third-order valence-corrected chi connectivity index (χ3v) is 4.27. The van der Waals surface area contributed by atoms with Gasteiger partial charge in [-0.2, -0.15) is 0 Å². The van der Waals surface area contributed by atoms with E-state index in [1.807, 2.05) is 6.92 Å². The van der Waals surface area contributed by atoms with Gasteiger partial charge in [0.15, 0.2) is 6.10 Å². The molecule has 0 fully saturated rings. The molecule has 0 spiro atoms. The molecule has 1 amide bonds. The third kappa shape index (κ3) is 4.84. The fourth-order valence-corrected chi connectivity index (χ4v) is 2.78. The van der Waals surface area contributed by atoms with Crippen LogP contribution in [-0.4, -0.2) is 31.2 Å². The van der Waals surface area contributed by atoms with Crippen LogP contribution in [0.1, 0.15) is 19.4 Å². The summed E-state index contributed by atoms with van der Waals surface area (Å²) in [4.78, 5) is 24.7. The molecule has 2 aromatic carbocycles. The molecule has 7 heteroatoms. The maximum absolute atomic E-state index is 12.4. The molecule has 1 aliphatic rings. The molecule has 146 valence electrons. The predicted molar refractivity (Wildman–Crippen MR) is 107 cm³/mol. The minimum absolute atomic E-state index is 0.0701. The van der Waals surface area contributed by atoms with Gasteiger partial charge >= 0.3 is 5.97 Å². The first kappa shape index (κ1) is 19.8. The maximum Gasteiger partial charge on any atom is 0.338 e. The molecule has 0 saturated carbocycles. The monoisotopic (exact) mass is 401 g/mol. The van der Waals surface area contributed by atoms with Crippen LogP contribution in [-0.2, 0) is 14.3 Å². The highest BCUT2D eigenvalue weighted by molar-refractivity contribution is 6.30. The van der Waals surface area contributed by atoms with Gasteiger partial charge < -0.3 is 19.5 Å². The maximum atomic E-state index is 12.4. The second-order valence-corrected chi connectivity index (χ2v) is 6.57. The standard InChI is InChI=1S/C21H20ClNO5/c1-3-26-18-7-5-17(6-8-18)23-20(24)13(2)28-21(25)15-10-14-11-16(22)4-9-19(14)27-12-15/h4-11,13H,3,12H2,1-2H3,(H,23,24). The summed E-state index contributed by atoms with van der Waals surface area (Å²) >= 11 is 5.97. The van der Waals surface area contributed by atoms with Gasteiger partial charge in [-0.15, -0.1) is 0 Å². The van der Waals surface area contributed by atoms with Crippen LogP contribution >= 0.6 is 11.6 Å². The van der Waals surface area contributed by atoms with Gasteiger partial charge in [0.05, 0.1) is 12.2 Å². The molecular weight excluding hydrogens is 382 g/mol. The first-order chi connectivity index (χ1) is 13.5. The number of carbonyl (C=O) groups excluding carboxylic acids is 2. The van der Waals surface area contributed by atoms with Crippen molar-refractivity contribution in [1.29, 1.82) is 0 Å². The number of halogens is 1. The molecule has 28 heavy (non-hydrogen) atoms. The van der Waals surface area contributed by atoms with Crippen molar-refractivity contribution in [3.05, 3.63) is 58.6 Å². The molecule has 0 radical (unpaired) electrons. The Balaban J connectivity index is 1.60. The molecule has 6 nitrogen and oxygen atoms in total. The number of rotatable bonds is 6. The Kier molecular flexibility index (Phi) is 6.21. The van der Waals surface area contributed by atoms with E-state index in [1.54, 1.807) is 48.5 Å². The Labute approximate surface area is 168 Å². The number of ether oxygens (including phenoxy) is 3. The Bertz CT molecular complexity index is 908. The summed E-state index contributed by atoms with van der Waals surface area (Å²) < 4.78 is 16.2. The van der Waals surface area contributed by atoms with Crippen molar-refractivity contribution in [3.63, 3.8) is 0 Å².